The topological polar surface area (TPSA) is 153 Å². The van der Waals surface area contributed by atoms with Crippen molar-refractivity contribution in [2.75, 3.05) is 0 Å². The van der Waals surface area contributed by atoms with Crippen LogP contribution in [0.15, 0.2) is 0 Å². The molecule has 1 aromatic rings. The second kappa shape index (κ2) is 14.0. The summed E-state index contributed by atoms with van der Waals surface area (Å²) < 4.78 is 64.6. The molecule has 0 bridgehead atoms. The largest absolute Gasteiger partial charge is 0.448 e. The van der Waals surface area contributed by atoms with E-state index in [1.165, 1.54) is 64.2 Å². The smallest absolute Gasteiger partial charge is 0.329 e. The van der Waals surface area contributed by atoms with Crippen LogP contribution in [0.3, 0.4) is 0 Å². The average Bonchev–Trinajstić information content (AvgIpc) is 2.93. The van der Waals surface area contributed by atoms with Crippen molar-refractivity contribution in [2.45, 2.75) is 78.1 Å². The number of hydrogen-bond donors (Lipinski definition) is 2. The molecule has 0 saturated carbocycles. The number of unbranched alkanes of at least 4 members (excludes halogenated alkanes) is 9. The summed E-state index contributed by atoms with van der Waals surface area (Å²) in [4.78, 5) is 0. The predicted molar refractivity (Wildman–Crippen MR) is 102 cm³/mol. The van der Waals surface area contributed by atoms with Crippen molar-refractivity contribution < 1.29 is 34.3 Å². The van der Waals surface area contributed by atoms with Crippen molar-refractivity contribution in [3.05, 3.63) is 0 Å². The summed E-state index contributed by atoms with van der Waals surface area (Å²) >= 11 is 0.242. The summed E-state index contributed by atoms with van der Waals surface area (Å²) in [5.74, 6) is 0. The fourth-order valence-corrected chi connectivity index (χ4v) is 3.53. The van der Waals surface area contributed by atoms with Crippen LogP contribution in [-0.4, -0.2) is 36.1 Å². The van der Waals surface area contributed by atoms with Gasteiger partial charge in [-0.2, -0.15) is 16.8 Å². The molecular formula is C14H28N2O8S3. The van der Waals surface area contributed by atoms with Crippen LogP contribution >= 0.6 is 11.3 Å². The molecule has 0 amide bonds. The first-order chi connectivity index (χ1) is 12.6. The second-order valence-corrected chi connectivity index (χ2v) is 8.63. The lowest BCUT2D eigenvalue weighted by Crippen LogP contribution is -2.06. The van der Waals surface area contributed by atoms with Crippen LogP contribution < -0.4 is 8.37 Å². The molecule has 13 heteroatoms. The third-order valence-corrected chi connectivity index (χ3v) is 4.83. The van der Waals surface area contributed by atoms with Gasteiger partial charge in [0.1, 0.15) is 0 Å². The molecule has 1 rings (SSSR count). The van der Waals surface area contributed by atoms with Gasteiger partial charge in [0.25, 0.3) is 0 Å². The molecule has 10 nitrogen and oxygen atoms in total. The van der Waals surface area contributed by atoms with Crippen LogP contribution in [0.25, 0.3) is 0 Å². The van der Waals surface area contributed by atoms with Crippen molar-refractivity contribution in [1.29, 1.82) is 0 Å². The van der Waals surface area contributed by atoms with Crippen LogP contribution in [0.1, 0.15) is 78.1 Å². The number of aromatic nitrogens is 2. The molecule has 0 unspecified atom stereocenters. The monoisotopic (exact) mass is 448 g/mol. The quantitative estimate of drug-likeness (QED) is 0.336. The summed E-state index contributed by atoms with van der Waals surface area (Å²) in [6.45, 7) is 4.56. The maximum absolute atomic E-state index is 10.2. The van der Waals surface area contributed by atoms with Crippen LogP contribution in [0, 0.1) is 0 Å². The highest BCUT2D eigenvalue weighted by molar-refractivity contribution is 7.81. The highest BCUT2D eigenvalue weighted by Gasteiger charge is 2.16. The highest BCUT2D eigenvalue weighted by atomic mass is 32.3. The van der Waals surface area contributed by atoms with Gasteiger partial charge in [0, 0.05) is 0 Å². The SMILES string of the molecule is CCCCCCCCCCCC.O=S(=O)(O)Oc1nnc(OS(=O)(=O)O)s1. The fraction of sp³-hybridized carbons (Fsp3) is 0.857. The molecule has 0 aromatic carbocycles. The van der Waals surface area contributed by atoms with Gasteiger partial charge in [-0.05, 0) is 11.3 Å². The molecule has 0 saturated heterocycles. The first-order valence-corrected chi connectivity index (χ1v) is 12.3. The summed E-state index contributed by atoms with van der Waals surface area (Å²) in [7, 11) is -9.53. The minimum atomic E-state index is -4.77. The fourth-order valence-electron chi connectivity index (χ4n) is 2.01. The van der Waals surface area contributed by atoms with Crippen molar-refractivity contribution in [3.8, 4) is 10.4 Å². The minimum absolute atomic E-state index is 0.242. The molecule has 0 aliphatic heterocycles. The first-order valence-electron chi connectivity index (χ1n) is 8.74. The summed E-state index contributed by atoms with van der Waals surface area (Å²) in [6, 6.07) is 0. The Kier molecular flexibility index (Phi) is 13.5. The van der Waals surface area contributed by atoms with Crippen molar-refractivity contribution in [1.82, 2.24) is 10.2 Å². The van der Waals surface area contributed by atoms with Crippen LogP contribution in [0.2, 0.25) is 0 Å². The lowest BCUT2D eigenvalue weighted by Gasteiger charge is -1.99. The Hall–Kier alpha value is -1.02. The van der Waals surface area contributed by atoms with E-state index in [9.17, 15) is 16.8 Å². The average molecular weight is 449 g/mol. The Morgan fingerprint density at radius 2 is 1.00 bits per heavy atom. The molecule has 0 spiro atoms. The van der Waals surface area contributed by atoms with E-state index in [0.29, 0.717) is 0 Å². The van der Waals surface area contributed by atoms with Crippen LogP contribution in [0.5, 0.6) is 10.4 Å². The molecule has 1 aromatic heterocycles. The van der Waals surface area contributed by atoms with E-state index >= 15 is 0 Å². The predicted octanol–water partition coefficient (Wildman–Crippen LogP) is 3.83. The third-order valence-electron chi connectivity index (χ3n) is 3.20. The zero-order valence-electron chi connectivity index (χ0n) is 15.5. The second-order valence-electron chi connectivity index (χ2n) is 5.68. The zero-order valence-corrected chi connectivity index (χ0v) is 18.0. The summed E-state index contributed by atoms with van der Waals surface area (Å²) in [5.41, 5.74) is 0. The first kappa shape index (κ1) is 26.0. The Balaban J connectivity index is 0.000000516. The zero-order chi connectivity index (χ0) is 20.8. The van der Waals surface area contributed by atoms with Gasteiger partial charge in [-0.3, -0.25) is 9.11 Å². The van der Waals surface area contributed by atoms with E-state index in [1.54, 1.807) is 0 Å². The number of nitrogens with zero attached hydrogens (tertiary/aromatic N) is 2. The Morgan fingerprint density at radius 3 is 1.26 bits per heavy atom. The number of hydrogen-bond acceptors (Lipinski definition) is 9. The van der Waals surface area contributed by atoms with Gasteiger partial charge in [-0.1, -0.05) is 88.3 Å². The summed E-state index contributed by atoms with van der Waals surface area (Å²) in [6.07, 6.45) is 14.4. The normalized spacial score (nSPS) is 11.6. The Labute approximate surface area is 165 Å². The molecule has 0 atom stereocenters. The highest BCUT2D eigenvalue weighted by Crippen LogP contribution is 2.25. The van der Waals surface area contributed by atoms with Crippen LogP contribution in [0.4, 0.5) is 0 Å². The maximum Gasteiger partial charge on any atom is 0.448 e. The van der Waals surface area contributed by atoms with E-state index < -0.39 is 31.2 Å². The molecular weight excluding hydrogens is 420 g/mol. The van der Waals surface area contributed by atoms with Crippen molar-refractivity contribution in [2.24, 2.45) is 0 Å². The van der Waals surface area contributed by atoms with Gasteiger partial charge in [0.2, 0.25) is 0 Å². The molecule has 0 aliphatic carbocycles. The molecule has 1 heterocycles. The molecule has 0 radical (unpaired) electrons. The lowest BCUT2D eigenvalue weighted by molar-refractivity contribution is 0.379. The van der Waals surface area contributed by atoms with E-state index in [4.69, 9.17) is 9.11 Å². The molecule has 0 fully saturated rings. The Morgan fingerprint density at radius 1 is 0.704 bits per heavy atom. The maximum atomic E-state index is 10.2. The molecule has 2 N–H and O–H groups in total. The van der Waals surface area contributed by atoms with E-state index in [1.807, 2.05) is 0 Å². The van der Waals surface area contributed by atoms with Gasteiger partial charge in [0.15, 0.2) is 0 Å². The van der Waals surface area contributed by atoms with Gasteiger partial charge in [-0.15, -0.1) is 0 Å². The van der Waals surface area contributed by atoms with E-state index in [0.717, 1.165) is 0 Å². The van der Waals surface area contributed by atoms with Gasteiger partial charge in [0.05, 0.1) is 0 Å². The Bertz CT molecular complexity index is 645. The standard InChI is InChI=1S/C12H26.C2H2N2O8S3/c1-3-5-7-9-11-12-10-8-6-4-2;5-14(6,7)11-1-3-4-2(13-1)12-15(8,9)10/h3-12H2,1-2H3;(H,5,6,7)(H,8,9,10). The number of rotatable bonds is 13. The molecule has 0 aliphatic rings. The van der Waals surface area contributed by atoms with Crippen LogP contribution in [-0.2, 0) is 20.8 Å². The lowest BCUT2D eigenvalue weighted by atomic mass is 10.1. The van der Waals surface area contributed by atoms with Crippen molar-refractivity contribution in [3.63, 3.8) is 0 Å². The van der Waals surface area contributed by atoms with E-state index in [2.05, 4.69) is 32.4 Å². The van der Waals surface area contributed by atoms with Crippen molar-refractivity contribution >= 4 is 32.1 Å². The minimum Gasteiger partial charge on any atom is -0.329 e. The van der Waals surface area contributed by atoms with Gasteiger partial charge >= 0.3 is 31.2 Å². The molecule has 27 heavy (non-hydrogen) atoms. The third kappa shape index (κ3) is 18.1. The van der Waals surface area contributed by atoms with E-state index in [-0.39, 0.29) is 11.3 Å². The van der Waals surface area contributed by atoms with Gasteiger partial charge < -0.3 is 8.37 Å². The summed E-state index contributed by atoms with van der Waals surface area (Å²) in [5, 5.41) is 4.64. The molecule has 160 valence electrons. The van der Waals surface area contributed by atoms with Gasteiger partial charge in [-0.25, -0.2) is 0 Å².